The van der Waals surface area contributed by atoms with Gasteiger partial charge in [0.1, 0.15) is 11.6 Å². The molecular weight excluding hydrogens is 140 g/mol. The number of Topliss-reactive ketones (excluding diaryl/α,β-unsaturated/α-hetero) is 2. The number of carbonyl (C=O) groups excluding carboxylic acids is 2. The van der Waals surface area contributed by atoms with Crippen molar-refractivity contribution in [2.24, 2.45) is 17.3 Å². The summed E-state index contributed by atoms with van der Waals surface area (Å²) in [6, 6.07) is 0. The Morgan fingerprint density at radius 2 is 2.00 bits per heavy atom. The third-order valence-electron chi connectivity index (χ3n) is 3.20. The van der Waals surface area contributed by atoms with E-state index in [1.165, 1.54) is 0 Å². The van der Waals surface area contributed by atoms with Crippen LogP contribution in [-0.2, 0) is 9.59 Å². The maximum Gasteiger partial charge on any atom is 0.143 e. The van der Waals surface area contributed by atoms with Crippen molar-refractivity contribution >= 4 is 11.6 Å². The van der Waals surface area contributed by atoms with E-state index in [9.17, 15) is 9.59 Å². The zero-order chi connectivity index (χ0) is 8.22. The molecule has 2 nitrogen and oxygen atoms in total. The summed E-state index contributed by atoms with van der Waals surface area (Å²) in [7, 11) is 0. The zero-order valence-corrected chi connectivity index (χ0v) is 6.89. The summed E-state index contributed by atoms with van der Waals surface area (Å²) in [6.07, 6.45) is 1.44. The molecule has 60 valence electrons. The second-order valence-electron chi connectivity index (χ2n) is 4.18. The molecule has 2 saturated carbocycles. The predicted octanol–water partition coefficient (Wildman–Crippen LogP) is 1.19. The SMILES string of the molecule is CC1(C)C(=O)[C@@H]2CCC(=O)[C@@H]21. The summed E-state index contributed by atoms with van der Waals surface area (Å²) in [5.41, 5.74) is -0.335. The standard InChI is InChI=1S/C9H12O2/c1-9(2)7-5(8(9)11)3-4-6(7)10/h5,7H,3-4H2,1-2H3/t5-,7-/m1/s1. The minimum Gasteiger partial charge on any atom is -0.299 e. The molecule has 2 rings (SSSR count). The lowest BCUT2D eigenvalue weighted by atomic mass is 9.56. The normalized spacial score (nSPS) is 40.2. The number of fused-ring (bicyclic) bond motifs is 1. The quantitative estimate of drug-likeness (QED) is 0.522. The molecule has 2 atom stereocenters. The van der Waals surface area contributed by atoms with Gasteiger partial charge in [0.05, 0.1) is 0 Å². The minimum absolute atomic E-state index is 0.0648. The highest BCUT2D eigenvalue weighted by Crippen LogP contribution is 2.53. The van der Waals surface area contributed by atoms with Crippen molar-refractivity contribution in [1.29, 1.82) is 0 Å². The van der Waals surface area contributed by atoms with Gasteiger partial charge in [-0.2, -0.15) is 0 Å². The van der Waals surface area contributed by atoms with Crippen LogP contribution in [0, 0.1) is 17.3 Å². The van der Waals surface area contributed by atoms with Gasteiger partial charge in [-0.15, -0.1) is 0 Å². The number of hydrogen-bond donors (Lipinski definition) is 0. The first-order valence-electron chi connectivity index (χ1n) is 4.12. The van der Waals surface area contributed by atoms with Crippen molar-refractivity contribution in [3.8, 4) is 0 Å². The molecule has 0 aromatic heterocycles. The summed E-state index contributed by atoms with van der Waals surface area (Å²) in [6.45, 7) is 3.78. The van der Waals surface area contributed by atoms with E-state index in [1.54, 1.807) is 0 Å². The highest BCUT2D eigenvalue weighted by Gasteiger charge is 2.61. The van der Waals surface area contributed by atoms with Gasteiger partial charge in [0.15, 0.2) is 0 Å². The van der Waals surface area contributed by atoms with Gasteiger partial charge in [0, 0.05) is 23.7 Å². The molecule has 2 heteroatoms. The molecule has 0 radical (unpaired) electrons. The van der Waals surface area contributed by atoms with Crippen LogP contribution in [0.15, 0.2) is 0 Å². The molecule has 0 amide bonds. The van der Waals surface area contributed by atoms with Crippen LogP contribution in [0.3, 0.4) is 0 Å². The van der Waals surface area contributed by atoms with Crippen LogP contribution in [0.4, 0.5) is 0 Å². The third kappa shape index (κ3) is 0.627. The molecule has 0 spiro atoms. The Morgan fingerprint density at radius 3 is 2.55 bits per heavy atom. The summed E-state index contributed by atoms with van der Waals surface area (Å²) < 4.78 is 0. The second-order valence-corrected chi connectivity index (χ2v) is 4.18. The molecule has 11 heavy (non-hydrogen) atoms. The van der Waals surface area contributed by atoms with Gasteiger partial charge in [-0.05, 0) is 6.42 Å². The van der Waals surface area contributed by atoms with Gasteiger partial charge in [0.2, 0.25) is 0 Å². The van der Waals surface area contributed by atoms with Crippen molar-refractivity contribution < 1.29 is 9.59 Å². The summed E-state index contributed by atoms with van der Waals surface area (Å²) in [4.78, 5) is 22.6. The van der Waals surface area contributed by atoms with Crippen molar-refractivity contribution in [3.63, 3.8) is 0 Å². The monoisotopic (exact) mass is 152 g/mol. The molecule has 0 aromatic carbocycles. The molecule has 0 unspecified atom stereocenters. The van der Waals surface area contributed by atoms with Gasteiger partial charge >= 0.3 is 0 Å². The molecule has 0 heterocycles. The van der Waals surface area contributed by atoms with Crippen LogP contribution >= 0.6 is 0 Å². The average molecular weight is 152 g/mol. The fourth-order valence-electron chi connectivity index (χ4n) is 2.57. The first-order valence-corrected chi connectivity index (χ1v) is 4.12. The predicted molar refractivity (Wildman–Crippen MR) is 40.0 cm³/mol. The van der Waals surface area contributed by atoms with Crippen LogP contribution in [-0.4, -0.2) is 11.6 Å². The number of rotatable bonds is 0. The van der Waals surface area contributed by atoms with E-state index >= 15 is 0 Å². The highest BCUT2D eigenvalue weighted by molar-refractivity contribution is 6.05. The first-order chi connectivity index (χ1) is 5.05. The smallest absolute Gasteiger partial charge is 0.143 e. The summed E-state index contributed by atoms with van der Waals surface area (Å²) in [5, 5.41) is 0. The number of hydrogen-bond acceptors (Lipinski definition) is 2. The molecule has 0 N–H and O–H groups in total. The first kappa shape index (κ1) is 7.01. The molecule has 2 aliphatic carbocycles. The molecular formula is C9H12O2. The van der Waals surface area contributed by atoms with Gasteiger partial charge < -0.3 is 0 Å². The van der Waals surface area contributed by atoms with Crippen molar-refractivity contribution in [1.82, 2.24) is 0 Å². The van der Waals surface area contributed by atoms with E-state index in [1.807, 2.05) is 13.8 Å². The fraction of sp³-hybridized carbons (Fsp3) is 0.778. The molecule has 0 saturated heterocycles. The Hall–Kier alpha value is -0.660. The van der Waals surface area contributed by atoms with Crippen LogP contribution < -0.4 is 0 Å². The largest absolute Gasteiger partial charge is 0.299 e. The van der Waals surface area contributed by atoms with Crippen LogP contribution in [0.5, 0.6) is 0 Å². The van der Waals surface area contributed by atoms with Crippen LogP contribution in [0.25, 0.3) is 0 Å². The summed E-state index contributed by atoms with van der Waals surface area (Å²) in [5.74, 6) is 0.764. The molecule has 0 aromatic rings. The van der Waals surface area contributed by atoms with E-state index in [0.29, 0.717) is 18.0 Å². The Bertz CT molecular complexity index is 240. The average Bonchev–Trinajstić information content (AvgIpc) is 2.29. The Morgan fingerprint density at radius 1 is 1.36 bits per heavy atom. The van der Waals surface area contributed by atoms with Crippen molar-refractivity contribution in [3.05, 3.63) is 0 Å². The van der Waals surface area contributed by atoms with E-state index in [0.717, 1.165) is 6.42 Å². The number of ketones is 2. The Labute approximate surface area is 66.0 Å². The Kier molecular flexibility index (Phi) is 1.11. The third-order valence-corrected chi connectivity index (χ3v) is 3.20. The van der Waals surface area contributed by atoms with E-state index in [-0.39, 0.29) is 17.3 Å². The maximum absolute atomic E-state index is 11.4. The second kappa shape index (κ2) is 1.74. The zero-order valence-electron chi connectivity index (χ0n) is 6.89. The molecule has 0 bridgehead atoms. The van der Waals surface area contributed by atoms with E-state index in [4.69, 9.17) is 0 Å². The number of carbonyl (C=O) groups is 2. The maximum atomic E-state index is 11.4. The van der Waals surface area contributed by atoms with Gasteiger partial charge in [-0.25, -0.2) is 0 Å². The Balaban J connectivity index is 2.32. The van der Waals surface area contributed by atoms with Gasteiger partial charge in [0.25, 0.3) is 0 Å². The lowest BCUT2D eigenvalue weighted by Gasteiger charge is -2.44. The minimum atomic E-state index is -0.335. The molecule has 0 aliphatic heterocycles. The highest BCUT2D eigenvalue weighted by atomic mass is 16.1. The molecule has 2 fully saturated rings. The van der Waals surface area contributed by atoms with Crippen molar-refractivity contribution in [2.75, 3.05) is 0 Å². The van der Waals surface area contributed by atoms with Gasteiger partial charge in [-0.1, -0.05) is 13.8 Å². The lowest BCUT2D eigenvalue weighted by molar-refractivity contribution is -0.155. The van der Waals surface area contributed by atoms with Crippen LogP contribution in [0.2, 0.25) is 0 Å². The van der Waals surface area contributed by atoms with Crippen molar-refractivity contribution in [2.45, 2.75) is 26.7 Å². The van der Waals surface area contributed by atoms with E-state index in [2.05, 4.69) is 0 Å². The fourth-order valence-corrected chi connectivity index (χ4v) is 2.57. The molecule has 2 aliphatic rings. The van der Waals surface area contributed by atoms with Crippen LogP contribution in [0.1, 0.15) is 26.7 Å². The van der Waals surface area contributed by atoms with Gasteiger partial charge in [-0.3, -0.25) is 9.59 Å². The summed E-state index contributed by atoms with van der Waals surface area (Å²) >= 11 is 0. The lowest BCUT2D eigenvalue weighted by Crippen LogP contribution is -2.53. The van der Waals surface area contributed by atoms with E-state index < -0.39 is 0 Å². The topological polar surface area (TPSA) is 34.1 Å².